The Hall–Kier alpha value is -0.240. The standard InChI is InChI=1S/C15H30N2O4/c1-3-19-14(20-4-2)13(17-16)12-5-8-21-15(11-12)6-9-18-10-7-15/h12-14,17H,3-11,16H2,1-2H3. The summed E-state index contributed by atoms with van der Waals surface area (Å²) < 4.78 is 23.0. The Bertz CT molecular complexity index is 286. The monoisotopic (exact) mass is 302 g/mol. The van der Waals surface area contributed by atoms with E-state index < -0.39 is 0 Å². The van der Waals surface area contributed by atoms with Crippen molar-refractivity contribution in [1.82, 2.24) is 5.43 Å². The molecule has 2 rings (SSSR count). The van der Waals surface area contributed by atoms with Crippen LogP contribution in [0.1, 0.15) is 39.5 Å². The normalized spacial score (nSPS) is 27.1. The van der Waals surface area contributed by atoms with E-state index >= 15 is 0 Å². The Morgan fingerprint density at radius 3 is 2.43 bits per heavy atom. The second kappa shape index (κ2) is 8.41. The quantitative estimate of drug-likeness (QED) is 0.418. The van der Waals surface area contributed by atoms with Crippen LogP contribution in [0.2, 0.25) is 0 Å². The zero-order valence-corrected chi connectivity index (χ0v) is 13.3. The predicted molar refractivity (Wildman–Crippen MR) is 79.6 cm³/mol. The molecule has 0 aromatic heterocycles. The van der Waals surface area contributed by atoms with Crippen molar-refractivity contribution in [2.45, 2.75) is 57.5 Å². The lowest BCUT2D eigenvalue weighted by Crippen LogP contribution is -2.55. The molecule has 0 aromatic carbocycles. The maximum Gasteiger partial charge on any atom is 0.174 e. The number of hydrazine groups is 1. The SMILES string of the molecule is CCOC(OCC)C(NN)C1CCOC2(CCOCC2)C1. The smallest absolute Gasteiger partial charge is 0.174 e. The summed E-state index contributed by atoms with van der Waals surface area (Å²) in [6.07, 6.45) is 3.60. The van der Waals surface area contributed by atoms with Gasteiger partial charge in [-0.2, -0.15) is 0 Å². The molecule has 0 bridgehead atoms. The minimum Gasteiger partial charge on any atom is -0.381 e. The summed E-state index contributed by atoms with van der Waals surface area (Å²) >= 11 is 0. The fraction of sp³-hybridized carbons (Fsp3) is 1.00. The van der Waals surface area contributed by atoms with E-state index in [1.807, 2.05) is 13.8 Å². The maximum atomic E-state index is 6.10. The predicted octanol–water partition coefficient (Wildman–Crippen LogP) is 1.19. The van der Waals surface area contributed by atoms with Gasteiger partial charge in [0.2, 0.25) is 0 Å². The molecular weight excluding hydrogens is 272 g/mol. The van der Waals surface area contributed by atoms with E-state index in [9.17, 15) is 0 Å². The summed E-state index contributed by atoms with van der Waals surface area (Å²) in [5.74, 6) is 6.20. The first-order valence-corrected chi connectivity index (χ1v) is 8.15. The van der Waals surface area contributed by atoms with Crippen molar-refractivity contribution < 1.29 is 18.9 Å². The van der Waals surface area contributed by atoms with Gasteiger partial charge in [0.15, 0.2) is 6.29 Å². The Balaban J connectivity index is 2.02. The van der Waals surface area contributed by atoms with Crippen molar-refractivity contribution in [3.05, 3.63) is 0 Å². The van der Waals surface area contributed by atoms with Crippen LogP contribution in [0.15, 0.2) is 0 Å². The molecule has 1 spiro atoms. The summed E-state index contributed by atoms with van der Waals surface area (Å²) in [5.41, 5.74) is 2.88. The molecule has 2 aliphatic rings. The number of nitrogens with one attached hydrogen (secondary N) is 1. The van der Waals surface area contributed by atoms with Crippen LogP contribution in [-0.2, 0) is 18.9 Å². The van der Waals surface area contributed by atoms with E-state index in [1.54, 1.807) is 0 Å². The Kier molecular flexibility index (Phi) is 6.85. The van der Waals surface area contributed by atoms with E-state index in [0.29, 0.717) is 19.1 Å². The van der Waals surface area contributed by atoms with E-state index in [4.69, 9.17) is 24.8 Å². The van der Waals surface area contributed by atoms with Crippen LogP contribution >= 0.6 is 0 Å². The van der Waals surface area contributed by atoms with Gasteiger partial charge in [-0.1, -0.05) is 0 Å². The third kappa shape index (κ3) is 4.37. The Morgan fingerprint density at radius 2 is 1.86 bits per heavy atom. The summed E-state index contributed by atoms with van der Waals surface area (Å²) in [6.45, 7) is 7.53. The first-order valence-electron chi connectivity index (χ1n) is 8.15. The van der Waals surface area contributed by atoms with Gasteiger partial charge in [-0.15, -0.1) is 0 Å². The van der Waals surface area contributed by atoms with E-state index in [1.165, 1.54) is 0 Å². The maximum absolute atomic E-state index is 6.10. The largest absolute Gasteiger partial charge is 0.381 e. The highest BCUT2D eigenvalue weighted by molar-refractivity contribution is 4.93. The van der Waals surface area contributed by atoms with Crippen molar-refractivity contribution in [3.63, 3.8) is 0 Å². The lowest BCUT2D eigenvalue weighted by molar-refractivity contribution is -0.189. The second-order valence-corrected chi connectivity index (χ2v) is 5.87. The molecule has 6 heteroatoms. The lowest BCUT2D eigenvalue weighted by atomic mass is 9.77. The number of ether oxygens (including phenoxy) is 4. The molecule has 21 heavy (non-hydrogen) atoms. The minimum absolute atomic E-state index is 0.00600. The topological polar surface area (TPSA) is 75.0 Å². The first-order chi connectivity index (χ1) is 10.2. The molecule has 0 aromatic rings. The van der Waals surface area contributed by atoms with Crippen LogP contribution in [0.3, 0.4) is 0 Å². The van der Waals surface area contributed by atoms with Crippen LogP contribution in [-0.4, -0.2) is 51.0 Å². The molecule has 2 saturated heterocycles. The highest BCUT2D eigenvalue weighted by Crippen LogP contribution is 2.39. The highest BCUT2D eigenvalue weighted by atomic mass is 16.7. The fourth-order valence-corrected chi connectivity index (χ4v) is 3.48. The number of hydrogen-bond donors (Lipinski definition) is 2. The summed E-state index contributed by atoms with van der Waals surface area (Å²) in [4.78, 5) is 0. The van der Waals surface area contributed by atoms with Crippen LogP contribution < -0.4 is 11.3 Å². The summed E-state index contributed by atoms with van der Waals surface area (Å²) in [5, 5.41) is 0. The molecule has 0 amide bonds. The van der Waals surface area contributed by atoms with Gasteiger partial charge in [0.05, 0.1) is 11.6 Å². The number of nitrogens with two attached hydrogens (primary N) is 1. The third-order valence-corrected chi connectivity index (χ3v) is 4.59. The van der Waals surface area contributed by atoms with Crippen molar-refractivity contribution in [2.75, 3.05) is 33.0 Å². The molecule has 2 unspecified atom stereocenters. The molecular formula is C15H30N2O4. The average molecular weight is 302 g/mol. The van der Waals surface area contributed by atoms with Gasteiger partial charge in [-0.3, -0.25) is 11.3 Å². The molecule has 2 atom stereocenters. The minimum atomic E-state index is -0.301. The zero-order chi connectivity index (χ0) is 15.1. The zero-order valence-electron chi connectivity index (χ0n) is 13.3. The molecule has 0 radical (unpaired) electrons. The van der Waals surface area contributed by atoms with Crippen LogP contribution in [0.5, 0.6) is 0 Å². The third-order valence-electron chi connectivity index (χ3n) is 4.59. The van der Waals surface area contributed by atoms with Gasteiger partial charge in [0.1, 0.15) is 0 Å². The second-order valence-electron chi connectivity index (χ2n) is 5.87. The van der Waals surface area contributed by atoms with Crippen molar-refractivity contribution in [3.8, 4) is 0 Å². The number of hydrogen-bond acceptors (Lipinski definition) is 6. The van der Waals surface area contributed by atoms with Crippen LogP contribution in [0.25, 0.3) is 0 Å². The molecule has 3 N–H and O–H groups in total. The Morgan fingerprint density at radius 1 is 1.19 bits per heavy atom. The lowest BCUT2D eigenvalue weighted by Gasteiger charge is -2.46. The highest BCUT2D eigenvalue weighted by Gasteiger charge is 2.43. The van der Waals surface area contributed by atoms with Crippen molar-refractivity contribution in [2.24, 2.45) is 11.8 Å². The van der Waals surface area contributed by atoms with Crippen molar-refractivity contribution >= 4 is 0 Å². The molecule has 2 fully saturated rings. The molecule has 2 aliphatic heterocycles. The molecule has 0 aliphatic carbocycles. The first kappa shape index (κ1) is 17.1. The van der Waals surface area contributed by atoms with Gasteiger partial charge < -0.3 is 18.9 Å². The summed E-state index contributed by atoms with van der Waals surface area (Å²) in [7, 11) is 0. The van der Waals surface area contributed by atoms with E-state index in [2.05, 4.69) is 5.43 Å². The van der Waals surface area contributed by atoms with E-state index in [-0.39, 0.29) is 17.9 Å². The van der Waals surface area contributed by atoms with Gasteiger partial charge >= 0.3 is 0 Å². The van der Waals surface area contributed by atoms with Gasteiger partial charge in [0, 0.05) is 33.0 Å². The van der Waals surface area contributed by atoms with Crippen LogP contribution in [0, 0.1) is 5.92 Å². The van der Waals surface area contributed by atoms with Gasteiger partial charge in [-0.25, -0.2) is 0 Å². The fourth-order valence-electron chi connectivity index (χ4n) is 3.48. The number of rotatable bonds is 7. The summed E-state index contributed by atoms with van der Waals surface area (Å²) in [6, 6.07) is -0.00600. The molecule has 124 valence electrons. The molecule has 2 heterocycles. The Labute approximate surface area is 127 Å². The molecule has 6 nitrogen and oxygen atoms in total. The molecule has 0 saturated carbocycles. The van der Waals surface area contributed by atoms with E-state index in [0.717, 1.165) is 45.5 Å². The van der Waals surface area contributed by atoms with Gasteiger partial charge in [-0.05, 0) is 45.4 Å². The van der Waals surface area contributed by atoms with Gasteiger partial charge in [0.25, 0.3) is 0 Å². The van der Waals surface area contributed by atoms with Crippen molar-refractivity contribution in [1.29, 1.82) is 0 Å². The van der Waals surface area contributed by atoms with Crippen LogP contribution in [0.4, 0.5) is 0 Å². The average Bonchev–Trinajstić information content (AvgIpc) is 2.49.